The minimum absolute atomic E-state index is 0.660. The lowest BCUT2D eigenvalue weighted by Gasteiger charge is -2.23. The molecule has 1 fully saturated rings. The highest BCUT2D eigenvalue weighted by Crippen LogP contribution is 2.29. The molecule has 0 bridgehead atoms. The van der Waals surface area contributed by atoms with Gasteiger partial charge >= 0.3 is 0 Å². The predicted octanol–water partition coefficient (Wildman–Crippen LogP) is 2.97. The van der Waals surface area contributed by atoms with Crippen molar-refractivity contribution in [1.29, 1.82) is 0 Å². The maximum atomic E-state index is 5.38. The summed E-state index contributed by atoms with van der Waals surface area (Å²) < 4.78 is 7.59. The van der Waals surface area contributed by atoms with Crippen LogP contribution in [0.1, 0.15) is 12.8 Å². The summed E-state index contributed by atoms with van der Waals surface area (Å²) in [5, 5.41) is 14.1. The highest BCUT2D eigenvalue weighted by molar-refractivity contribution is 5.74. The molecule has 1 aliphatic rings. The van der Waals surface area contributed by atoms with Crippen molar-refractivity contribution in [3.05, 3.63) is 43.0 Å². The fourth-order valence-corrected chi connectivity index (χ4v) is 3.92. The third-order valence-electron chi connectivity index (χ3n) is 5.51. The third kappa shape index (κ3) is 3.71. The van der Waals surface area contributed by atoms with Gasteiger partial charge in [0, 0.05) is 30.6 Å². The van der Waals surface area contributed by atoms with E-state index in [0.717, 1.165) is 42.1 Å². The van der Waals surface area contributed by atoms with E-state index >= 15 is 0 Å². The number of pyridine rings is 1. The van der Waals surface area contributed by atoms with Gasteiger partial charge in [0.15, 0.2) is 17.3 Å². The number of piperidine rings is 1. The zero-order chi connectivity index (χ0) is 20.3. The molecule has 30 heavy (non-hydrogen) atoms. The van der Waals surface area contributed by atoms with Crippen molar-refractivity contribution in [1.82, 2.24) is 35.0 Å². The number of hydrogen-bond donors (Lipinski definition) is 3. The van der Waals surface area contributed by atoms with Crippen molar-refractivity contribution in [2.75, 3.05) is 25.5 Å². The fourth-order valence-electron chi connectivity index (χ4n) is 3.92. The number of anilines is 2. The number of nitrogens with zero attached hydrogens (tertiary/aromatic N) is 5. The molecule has 0 atom stereocenters. The van der Waals surface area contributed by atoms with Crippen molar-refractivity contribution < 1.29 is 4.74 Å². The van der Waals surface area contributed by atoms with Crippen LogP contribution in [0, 0.1) is 5.92 Å². The molecule has 154 valence electrons. The molecule has 0 amide bonds. The number of aromatic amines is 1. The second kappa shape index (κ2) is 8.11. The molecule has 0 saturated carbocycles. The van der Waals surface area contributed by atoms with Gasteiger partial charge in [0.25, 0.3) is 0 Å². The first-order valence-corrected chi connectivity index (χ1v) is 10.1. The second-order valence-corrected chi connectivity index (χ2v) is 7.49. The second-order valence-electron chi connectivity index (χ2n) is 7.49. The van der Waals surface area contributed by atoms with E-state index in [4.69, 9.17) is 9.72 Å². The molecule has 4 aromatic heterocycles. The van der Waals surface area contributed by atoms with Gasteiger partial charge in [-0.3, -0.25) is 10.1 Å². The van der Waals surface area contributed by atoms with Gasteiger partial charge in [-0.15, -0.1) is 0 Å². The third-order valence-corrected chi connectivity index (χ3v) is 5.51. The minimum Gasteiger partial charge on any atom is -0.494 e. The Labute approximate surface area is 173 Å². The monoisotopic (exact) mass is 404 g/mol. The highest BCUT2D eigenvalue weighted by atomic mass is 16.5. The molecule has 5 rings (SSSR count). The first-order chi connectivity index (χ1) is 14.8. The zero-order valence-electron chi connectivity index (χ0n) is 16.8. The average molecular weight is 404 g/mol. The topological polar surface area (TPSA) is 106 Å². The van der Waals surface area contributed by atoms with Crippen LogP contribution in [0.2, 0.25) is 0 Å². The van der Waals surface area contributed by atoms with E-state index in [1.807, 2.05) is 18.2 Å². The molecule has 4 aromatic rings. The molecule has 0 aromatic carbocycles. The molecular formula is C21H24N8O. The van der Waals surface area contributed by atoms with Crippen molar-refractivity contribution in [2.24, 2.45) is 5.92 Å². The van der Waals surface area contributed by atoms with Crippen molar-refractivity contribution in [3.8, 4) is 17.0 Å². The van der Waals surface area contributed by atoms with E-state index in [1.165, 1.54) is 12.8 Å². The first kappa shape index (κ1) is 18.6. The Hall–Kier alpha value is -3.46. The number of H-pyrrole nitrogens is 1. The number of ether oxygens (including phenoxy) is 1. The van der Waals surface area contributed by atoms with Gasteiger partial charge in [0.1, 0.15) is 11.3 Å². The van der Waals surface area contributed by atoms with Gasteiger partial charge in [-0.2, -0.15) is 5.10 Å². The number of rotatable bonds is 6. The molecule has 0 radical (unpaired) electrons. The summed E-state index contributed by atoms with van der Waals surface area (Å²) in [6, 6.07) is 5.82. The number of nitrogens with one attached hydrogen (secondary N) is 3. The van der Waals surface area contributed by atoms with Crippen LogP contribution in [0.3, 0.4) is 0 Å². The summed E-state index contributed by atoms with van der Waals surface area (Å²) in [5.74, 6) is 2.68. The lowest BCUT2D eigenvalue weighted by atomic mass is 9.98. The average Bonchev–Trinajstić information content (AvgIpc) is 3.42. The van der Waals surface area contributed by atoms with E-state index < -0.39 is 0 Å². The first-order valence-electron chi connectivity index (χ1n) is 10.1. The van der Waals surface area contributed by atoms with Gasteiger partial charge in [0.05, 0.1) is 25.2 Å². The molecule has 5 heterocycles. The maximum Gasteiger partial charge on any atom is 0.161 e. The molecule has 9 heteroatoms. The molecule has 1 aliphatic heterocycles. The number of aromatic nitrogens is 6. The lowest BCUT2D eigenvalue weighted by Crippen LogP contribution is -2.29. The van der Waals surface area contributed by atoms with Crippen LogP contribution >= 0.6 is 0 Å². The Balaban J connectivity index is 1.37. The Morgan fingerprint density at radius 2 is 2.10 bits per heavy atom. The van der Waals surface area contributed by atoms with Crippen LogP contribution in [0.25, 0.3) is 22.4 Å². The van der Waals surface area contributed by atoms with Gasteiger partial charge in [-0.05, 0) is 44.0 Å². The van der Waals surface area contributed by atoms with E-state index in [1.54, 1.807) is 25.7 Å². The number of hydrogen-bond acceptors (Lipinski definition) is 7. The molecule has 0 unspecified atom stereocenters. The normalized spacial score (nSPS) is 14.8. The SMILES string of the molecule is COc1cnccc1-c1cc(Nc2cnc3ccn(CC4CCNCC4)c3n2)n[nH]1. The Morgan fingerprint density at radius 3 is 2.97 bits per heavy atom. The van der Waals surface area contributed by atoms with Crippen LogP contribution in [0.15, 0.2) is 43.0 Å². The summed E-state index contributed by atoms with van der Waals surface area (Å²) in [4.78, 5) is 13.4. The molecule has 9 nitrogen and oxygen atoms in total. The summed E-state index contributed by atoms with van der Waals surface area (Å²) in [6.45, 7) is 3.15. The van der Waals surface area contributed by atoms with Crippen LogP contribution in [-0.4, -0.2) is 49.9 Å². The smallest absolute Gasteiger partial charge is 0.161 e. The van der Waals surface area contributed by atoms with Gasteiger partial charge in [-0.25, -0.2) is 9.97 Å². The van der Waals surface area contributed by atoms with E-state index in [0.29, 0.717) is 23.3 Å². The van der Waals surface area contributed by atoms with Crippen molar-refractivity contribution in [2.45, 2.75) is 19.4 Å². The van der Waals surface area contributed by atoms with Gasteiger partial charge in [-0.1, -0.05) is 0 Å². The van der Waals surface area contributed by atoms with E-state index in [-0.39, 0.29) is 0 Å². The number of methoxy groups -OCH3 is 1. The minimum atomic E-state index is 0.660. The summed E-state index contributed by atoms with van der Waals surface area (Å²) in [6.07, 6.45) is 9.61. The highest BCUT2D eigenvalue weighted by Gasteiger charge is 2.16. The maximum absolute atomic E-state index is 5.38. The fraction of sp³-hybridized carbons (Fsp3) is 0.333. The van der Waals surface area contributed by atoms with E-state index in [9.17, 15) is 0 Å². The Morgan fingerprint density at radius 1 is 1.20 bits per heavy atom. The Kier molecular flexibility index (Phi) is 5.02. The summed E-state index contributed by atoms with van der Waals surface area (Å²) in [7, 11) is 1.62. The quantitative estimate of drug-likeness (QED) is 0.454. The van der Waals surface area contributed by atoms with Crippen LogP contribution < -0.4 is 15.4 Å². The van der Waals surface area contributed by atoms with E-state index in [2.05, 4.69) is 41.6 Å². The zero-order valence-corrected chi connectivity index (χ0v) is 16.8. The van der Waals surface area contributed by atoms with Gasteiger partial charge in [0.2, 0.25) is 0 Å². The molecule has 1 saturated heterocycles. The molecule has 0 spiro atoms. The van der Waals surface area contributed by atoms with Crippen LogP contribution in [0.4, 0.5) is 11.6 Å². The van der Waals surface area contributed by atoms with Crippen molar-refractivity contribution in [3.63, 3.8) is 0 Å². The molecule has 3 N–H and O–H groups in total. The summed E-state index contributed by atoms with van der Waals surface area (Å²) in [5.41, 5.74) is 3.52. The lowest BCUT2D eigenvalue weighted by molar-refractivity contribution is 0.336. The van der Waals surface area contributed by atoms with Gasteiger partial charge < -0.3 is 19.9 Å². The molecular weight excluding hydrogens is 380 g/mol. The molecule has 0 aliphatic carbocycles. The standard InChI is InChI=1S/C21H24N8O/c1-30-18-11-23-8-4-15(18)17-10-19(28-27-17)25-20-12-24-16-5-9-29(21(16)26-20)13-14-2-6-22-7-3-14/h4-5,8-12,14,22H,2-3,6-7,13H2,1H3,(H2,25,26,27,28). The van der Waals surface area contributed by atoms with Crippen molar-refractivity contribution >= 4 is 22.8 Å². The summed E-state index contributed by atoms with van der Waals surface area (Å²) >= 11 is 0. The van der Waals surface area contributed by atoms with Crippen LogP contribution in [0.5, 0.6) is 5.75 Å². The largest absolute Gasteiger partial charge is 0.494 e. The Bertz CT molecular complexity index is 1140. The predicted molar refractivity (Wildman–Crippen MR) is 115 cm³/mol. The van der Waals surface area contributed by atoms with Crippen LogP contribution in [-0.2, 0) is 6.54 Å². The number of fused-ring (bicyclic) bond motifs is 1.